The number of ether oxygens (including phenoxy) is 2. The number of hydrogen-bond acceptors (Lipinski definition) is 4. The van der Waals surface area contributed by atoms with Crippen LogP contribution in [0.3, 0.4) is 0 Å². The summed E-state index contributed by atoms with van der Waals surface area (Å²) in [6.07, 6.45) is -0.834. The minimum Gasteiger partial charge on any atom is -0.349 e. The third-order valence-electron chi connectivity index (χ3n) is 1.57. The number of rotatable bonds is 3. The molecule has 0 spiro atoms. The second kappa shape index (κ2) is 4.06. The van der Waals surface area contributed by atoms with Gasteiger partial charge in [0.25, 0.3) is 0 Å². The van der Waals surface area contributed by atoms with Gasteiger partial charge in [0.15, 0.2) is 5.78 Å². The molecule has 6 nitrogen and oxygen atoms in total. The van der Waals surface area contributed by atoms with E-state index in [9.17, 15) is 4.79 Å². The molecule has 66 valence electrons. The van der Waals surface area contributed by atoms with Crippen molar-refractivity contribution in [3.63, 3.8) is 0 Å². The molecule has 1 unspecified atom stereocenters. The molecule has 1 fully saturated rings. The quantitative estimate of drug-likeness (QED) is 0.354. The first-order chi connectivity index (χ1) is 5.77. The largest absolute Gasteiger partial charge is 0.349 e. The fourth-order valence-corrected chi connectivity index (χ4v) is 1.04. The van der Waals surface area contributed by atoms with E-state index in [4.69, 9.17) is 15.0 Å². The highest BCUT2D eigenvalue weighted by molar-refractivity contribution is 5.83. The summed E-state index contributed by atoms with van der Waals surface area (Å²) in [4.78, 5) is 13.6. The first kappa shape index (κ1) is 8.99. The van der Waals surface area contributed by atoms with Gasteiger partial charge in [-0.25, -0.2) is 0 Å². The molecule has 1 aliphatic rings. The third kappa shape index (κ3) is 1.94. The number of azide groups is 1. The zero-order chi connectivity index (χ0) is 8.97. The third-order valence-corrected chi connectivity index (χ3v) is 1.57. The van der Waals surface area contributed by atoms with Gasteiger partial charge >= 0.3 is 0 Å². The highest BCUT2D eigenvalue weighted by atomic mass is 16.7. The Morgan fingerprint density at radius 1 is 1.92 bits per heavy atom. The van der Waals surface area contributed by atoms with Crippen molar-refractivity contribution in [2.75, 3.05) is 13.7 Å². The summed E-state index contributed by atoms with van der Waals surface area (Å²) in [5.41, 5.74) is 8.00. The molecular weight excluding hydrogens is 162 g/mol. The zero-order valence-electron chi connectivity index (χ0n) is 6.64. The van der Waals surface area contributed by atoms with Crippen molar-refractivity contribution in [3.05, 3.63) is 10.4 Å². The van der Waals surface area contributed by atoms with E-state index in [0.29, 0.717) is 0 Å². The average Bonchev–Trinajstić information content (AvgIpc) is 2.43. The minimum absolute atomic E-state index is 0.101. The Kier molecular flexibility index (Phi) is 3.04. The van der Waals surface area contributed by atoms with Crippen LogP contribution in [-0.2, 0) is 14.3 Å². The lowest BCUT2D eigenvalue weighted by Crippen LogP contribution is -2.18. The standard InChI is InChI=1S/C6H9N3O3/c1-11-6-5(10)2-4(12-6)3-8-9-7/h4,6H,2-3H2,1H3/t4-,6?/m1/s1. The van der Waals surface area contributed by atoms with Crippen LogP contribution in [0, 0.1) is 0 Å². The maximum absolute atomic E-state index is 11.0. The summed E-state index contributed by atoms with van der Waals surface area (Å²) < 4.78 is 9.82. The summed E-state index contributed by atoms with van der Waals surface area (Å²) in [7, 11) is 1.40. The van der Waals surface area contributed by atoms with E-state index in [0.717, 1.165) is 0 Å². The van der Waals surface area contributed by atoms with Crippen molar-refractivity contribution in [2.24, 2.45) is 5.11 Å². The molecule has 1 rings (SSSR count). The van der Waals surface area contributed by atoms with Crippen LogP contribution in [-0.4, -0.2) is 31.8 Å². The molecule has 1 heterocycles. The van der Waals surface area contributed by atoms with Gasteiger partial charge in [0.05, 0.1) is 12.6 Å². The Morgan fingerprint density at radius 2 is 2.67 bits per heavy atom. The number of ketones is 1. The predicted molar refractivity (Wildman–Crippen MR) is 39.3 cm³/mol. The van der Waals surface area contributed by atoms with E-state index in [2.05, 4.69) is 10.0 Å². The van der Waals surface area contributed by atoms with Crippen LogP contribution in [0.15, 0.2) is 5.11 Å². The van der Waals surface area contributed by atoms with Crippen LogP contribution < -0.4 is 0 Å². The molecular formula is C6H9N3O3. The van der Waals surface area contributed by atoms with Gasteiger partial charge in [-0.3, -0.25) is 4.79 Å². The fourth-order valence-electron chi connectivity index (χ4n) is 1.04. The molecule has 0 amide bonds. The van der Waals surface area contributed by atoms with Gasteiger partial charge in [0.2, 0.25) is 6.29 Å². The molecule has 2 atom stereocenters. The second-order valence-electron chi connectivity index (χ2n) is 2.41. The molecule has 0 aliphatic carbocycles. The van der Waals surface area contributed by atoms with Crippen LogP contribution in [0.5, 0.6) is 0 Å². The molecule has 0 aromatic rings. The monoisotopic (exact) mass is 171 g/mol. The smallest absolute Gasteiger partial charge is 0.217 e. The van der Waals surface area contributed by atoms with E-state index in [-0.39, 0.29) is 24.9 Å². The molecule has 0 aromatic carbocycles. The molecule has 1 saturated heterocycles. The number of carbonyl (C=O) groups excluding carboxylic acids is 1. The first-order valence-corrected chi connectivity index (χ1v) is 3.49. The Morgan fingerprint density at radius 3 is 3.17 bits per heavy atom. The second-order valence-corrected chi connectivity index (χ2v) is 2.41. The molecule has 12 heavy (non-hydrogen) atoms. The molecule has 1 aliphatic heterocycles. The number of methoxy groups -OCH3 is 1. The van der Waals surface area contributed by atoms with E-state index >= 15 is 0 Å². The Balaban J connectivity index is 2.42. The lowest BCUT2D eigenvalue weighted by molar-refractivity contribution is -0.149. The van der Waals surface area contributed by atoms with Crippen molar-refractivity contribution in [1.29, 1.82) is 0 Å². The van der Waals surface area contributed by atoms with Gasteiger partial charge in [-0.05, 0) is 5.53 Å². The SMILES string of the molecule is COC1O[C@@H](CN=[N+]=[N-])CC1=O. The van der Waals surface area contributed by atoms with Crippen molar-refractivity contribution >= 4 is 5.78 Å². The lowest BCUT2D eigenvalue weighted by atomic mass is 10.2. The van der Waals surface area contributed by atoms with Crippen molar-refractivity contribution in [1.82, 2.24) is 0 Å². The highest BCUT2D eigenvalue weighted by Gasteiger charge is 2.32. The zero-order valence-corrected chi connectivity index (χ0v) is 6.64. The Labute approximate surface area is 69.1 Å². The normalized spacial score (nSPS) is 28.6. The highest BCUT2D eigenvalue weighted by Crippen LogP contribution is 2.16. The van der Waals surface area contributed by atoms with E-state index in [1.54, 1.807) is 0 Å². The topological polar surface area (TPSA) is 84.3 Å². The van der Waals surface area contributed by atoms with Gasteiger partial charge in [-0.15, -0.1) is 0 Å². The van der Waals surface area contributed by atoms with Crippen molar-refractivity contribution < 1.29 is 14.3 Å². The maximum Gasteiger partial charge on any atom is 0.217 e. The Hall–Kier alpha value is -1.10. The van der Waals surface area contributed by atoms with Gasteiger partial charge in [0.1, 0.15) is 0 Å². The number of hydrogen-bond donors (Lipinski definition) is 0. The summed E-state index contributed by atoms with van der Waals surface area (Å²) in [6.45, 7) is 0.183. The number of carbonyl (C=O) groups is 1. The van der Waals surface area contributed by atoms with Crippen LogP contribution in [0.1, 0.15) is 6.42 Å². The van der Waals surface area contributed by atoms with Crippen LogP contribution in [0.2, 0.25) is 0 Å². The summed E-state index contributed by atoms with van der Waals surface area (Å²) in [5.74, 6) is -0.101. The predicted octanol–water partition coefficient (Wildman–Crippen LogP) is 0.627. The van der Waals surface area contributed by atoms with Gasteiger partial charge in [-0.1, -0.05) is 5.11 Å². The van der Waals surface area contributed by atoms with Crippen molar-refractivity contribution in [2.45, 2.75) is 18.8 Å². The Bertz CT molecular complexity index is 224. The van der Waals surface area contributed by atoms with E-state index in [1.807, 2.05) is 0 Å². The number of Topliss-reactive ketones (excluding diaryl/α,β-unsaturated/α-hetero) is 1. The molecule has 6 heteroatoms. The summed E-state index contributed by atoms with van der Waals surface area (Å²) >= 11 is 0. The van der Waals surface area contributed by atoms with Gasteiger partial charge in [0, 0.05) is 18.4 Å². The first-order valence-electron chi connectivity index (χ1n) is 3.49. The molecule has 0 saturated carbocycles. The fraction of sp³-hybridized carbons (Fsp3) is 0.833. The van der Waals surface area contributed by atoms with E-state index in [1.165, 1.54) is 7.11 Å². The van der Waals surface area contributed by atoms with Crippen LogP contribution in [0.25, 0.3) is 10.4 Å². The van der Waals surface area contributed by atoms with Gasteiger partial charge in [-0.2, -0.15) is 0 Å². The maximum atomic E-state index is 11.0. The van der Waals surface area contributed by atoms with Crippen molar-refractivity contribution in [3.8, 4) is 0 Å². The van der Waals surface area contributed by atoms with Gasteiger partial charge < -0.3 is 9.47 Å². The minimum atomic E-state index is -0.774. The number of nitrogens with zero attached hydrogens (tertiary/aromatic N) is 3. The van der Waals surface area contributed by atoms with Crippen LogP contribution >= 0.6 is 0 Å². The average molecular weight is 171 g/mol. The molecule has 0 bridgehead atoms. The molecule has 0 aromatic heterocycles. The van der Waals surface area contributed by atoms with Crippen LogP contribution in [0.4, 0.5) is 0 Å². The summed E-state index contributed by atoms with van der Waals surface area (Å²) in [6, 6.07) is 0. The molecule has 0 radical (unpaired) electrons. The van der Waals surface area contributed by atoms with E-state index < -0.39 is 6.29 Å². The lowest BCUT2D eigenvalue weighted by Gasteiger charge is -2.07. The summed E-state index contributed by atoms with van der Waals surface area (Å²) in [5, 5.41) is 3.30. The molecule has 0 N–H and O–H groups in total.